The fraction of sp³-hybridized carbons (Fsp3) is 0.381. The first kappa shape index (κ1) is 18.8. The van der Waals surface area contributed by atoms with E-state index in [1.54, 1.807) is 18.2 Å². The molecule has 0 radical (unpaired) electrons. The summed E-state index contributed by atoms with van der Waals surface area (Å²) >= 11 is 0. The monoisotopic (exact) mass is 341 g/mol. The Bertz CT molecular complexity index is 695. The zero-order chi connectivity index (χ0) is 18.2. The third-order valence-corrected chi connectivity index (χ3v) is 4.04. The van der Waals surface area contributed by atoms with Gasteiger partial charge in [-0.3, -0.25) is 4.79 Å². The van der Waals surface area contributed by atoms with Crippen LogP contribution in [0.5, 0.6) is 11.5 Å². The average Bonchev–Trinajstić information content (AvgIpc) is 2.63. The molecule has 2 aromatic carbocycles. The molecule has 0 saturated heterocycles. The van der Waals surface area contributed by atoms with Crippen LogP contribution in [0.25, 0.3) is 0 Å². The van der Waals surface area contributed by atoms with Gasteiger partial charge in [-0.2, -0.15) is 0 Å². The molecule has 0 aliphatic carbocycles. The van der Waals surface area contributed by atoms with Crippen LogP contribution in [0.4, 0.5) is 0 Å². The first-order valence-electron chi connectivity index (χ1n) is 8.88. The van der Waals surface area contributed by atoms with Crippen LogP contribution < -0.4 is 14.8 Å². The smallest absolute Gasteiger partial charge is 0.251 e. The van der Waals surface area contributed by atoms with Crippen LogP contribution in [-0.4, -0.2) is 19.1 Å². The number of benzene rings is 2. The average molecular weight is 341 g/mol. The number of carbonyl (C=O) groups is 1. The molecule has 2 rings (SSSR count). The lowest BCUT2D eigenvalue weighted by molar-refractivity contribution is 0.0939. The molecule has 0 bridgehead atoms. The fourth-order valence-electron chi connectivity index (χ4n) is 2.60. The molecule has 0 unspecified atom stereocenters. The zero-order valence-electron chi connectivity index (χ0n) is 15.5. The van der Waals surface area contributed by atoms with Crippen molar-refractivity contribution < 1.29 is 14.3 Å². The maximum atomic E-state index is 12.6. The molecule has 0 aromatic heterocycles. The molecule has 1 atom stereocenters. The van der Waals surface area contributed by atoms with Crippen molar-refractivity contribution in [2.45, 2.75) is 40.2 Å². The molecule has 4 heteroatoms. The Hall–Kier alpha value is -2.49. The van der Waals surface area contributed by atoms with Gasteiger partial charge in [0.2, 0.25) is 0 Å². The van der Waals surface area contributed by atoms with Crippen molar-refractivity contribution in [1.82, 2.24) is 5.32 Å². The first-order valence-corrected chi connectivity index (χ1v) is 8.88. The molecular formula is C21H27NO3. The number of hydrogen-bond acceptors (Lipinski definition) is 3. The molecule has 25 heavy (non-hydrogen) atoms. The summed E-state index contributed by atoms with van der Waals surface area (Å²) in [6.07, 6.45) is 1.01. The lowest BCUT2D eigenvalue weighted by Gasteiger charge is -2.16. The van der Waals surface area contributed by atoms with Crippen LogP contribution in [0.1, 0.15) is 55.2 Å². The van der Waals surface area contributed by atoms with E-state index in [0.717, 1.165) is 12.0 Å². The number of hydrogen-bond donors (Lipinski definition) is 1. The summed E-state index contributed by atoms with van der Waals surface area (Å²) in [5, 5.41) is 3.04. The minimum atomic E-state index is -0.129. The lowest BCUT2D eigenvalue weighted by atomic mass is 10.0. The number of aryl methyl sites for hydroxylation is 1. The standard InChI is InChI=1S/C21H27NO3/c1-5-16-8-10-17(11-9-16)15(4)22-21(23)18-12-13-19(24-6-2)20(14-18)25-7-3/h8-15H,5-7H2,1-4H3,(H,22,23)/t15-/m1/s1. The minimum absolute atomic E-state index is 0.0690. The van der Waals surface area contributed by atoms with E-state index in [-0.39, 0.29) is 11.9 Å². The summed E-state index contributed by atoms with van der Waals surface area (Å²) in [4.78, 5) is 12.6. The van der Waals surface area contributed by atoms with Crippen molar-refractivity contribution in [1.29, 1.82) is 0 Å². The Morgan fingerprint density at radius 3 is 2.20 bits per heavy atom. The van der Waals surface area contributed by atoms with Crippen molar-refractivity contribution in [3.8, 4) is 11.5 Å². The van der Waals surface area contributed by atoms with Gasteiger partial charge in [-0.1, -0.05) is 31.2 Å². The van der Waals surface area contributed by atoms with Crippen LogP contribution in [0.3, 0.4) is 0 Å². The summed E-state index contributed by atoms with van der Waals surface area (Å²) in [7, 11) is 0. The zero-order valence-corrected chi connectivity index (χ0v) is 15.5. The van der Waals surface area contributed by atoms with Crippen LogP contribution in [-0.2, 0) is 6.42 Å². The maximum Gasteiger partial charge on any atom is 0.251 e. The van der Waals surface area contributed by atoms with Gasteiger partial charge in [-0.15, -0.1) is 0 Å². The van der Waals surface area contributed by atoms with Gasteiger partial charge in [0, 0.05) is 5.56 Å². The van der Waals surface area contributed by atoms with Crippen LogP contribution in [0.15, 0.2) is 42.5 Å². The summed E-state index contributed by atoms with van der Waals surface area (Å²) < 4.78 is 11.1. The number of amides is 1. The van der Waals surface area contributed by atoms with E-state index in [1.807, 2.05) is 20.8 Å². The van der Waals surface area contributed by atoms with Gasteiger partial charge in [0.05, 0.1) is 19.3 Å². The van der Waals surface area contributed by atoms with Gasteiger partial charge in [0.15, 0.2) is 11.5 Å². The Morgan fingerprint density at radius 2 is 1.60 bits per heavy atom. The Balaban J connectivity index is 2.12. The second-order valence-electron chi connectivity index (χ2n) is 5.82. The molecule has 0 aliphatic rings. The van der Waals surface area contributed by atoms with E-state index in [4.69, 9.17) is 9.47 Å². The molecule has 134 valence electrons. The van der Waals surface area contributed by atoms with Crippen molar-refractivity contribution in [3.05, 3.63) is 59.2 Å². The normalized spacial score (nSPS) is 11.7. The van der Waals surface area contributed by atoms with E-state index in [2.05, 4.69) is 36.5 Å². The molecule has 0 heterocycles. The summed E-state index contributed by atoms with van der Waals surface area (Å²) in [5.74, 6) is 1.12. The van der Waals surface area contributed by atoms with Crippen molar-refractivity contribution in [3.63, 3.8) is 0 Å². The van der Waals surface area contributed by atoms with Gasteiger partial charge < -0.3 is 14.8 Å². The molecular weight excluding hydrogens is 314 g/mol. The van der Waals surface area contributed by atoms with Gasteiger partial charge >= 0.3 is 0 Å². The minimum Gasteiger partial charge on any atom is -0.490 e. The molecule has 4 nitrogen and oxygen atoms in total. The molecule has 0 aliphatic heterocycles. The molecule has 0 saturated carbocycles. The van der Waals surface area contributed by atoms with Gasteiger partial charge in [0.25, 0.3) is 5.91 Å². The maximum absolute atomic E-state index is 12.6. The summed E-state index contributed by atoms with van der Waals surface area (Å²) in [6.45, 7) is 9.01. The molecule has 2 aromatic rings. The highest BCUT2D eigenvalue weighted by Gasteiger charge is 2.14. The second-order valence-corrected chi connectivity index (χ2v) is 5.82. The predicted octanol–water partition coefficient (Wildman–Crippen LogP) is 4.54. The van der Waals surface area contributed by atoms with Crippen LogP contribution >= 0.6 is 0 Å². The Morgan fingerprint density at radius 1 is 0.960 bits per heavy atom. The topological polar surface area (TPSA) is 47.6 Å². The summed E-state index contributed by atoms with van der Waals surface area (Å²) in [5.41, 5.74) is 2.93. The third kappa shape index (κ3) is 4.99. The third-order valence-electron chi connectivity index (χ3n) is 4.04. The van der Waals surface area contributed by atoms with Gasteiger partial charge in [0.1, 0.15) is 0 Å². The van der Waals surface area contributed by atoms with Crippen molar-refractivity contribution in [2.24, 2.45) is 0 Å². The van der Waals surface area contributed by atoms with Crippen LogP contribution in [0, 0.1) is 0 Å². The molecule has 0 spiro atoms. The highest BCUT2D eigenvalue weighted by atomic mass is 16.5. The number of ether oxygens (including phenoxy) is 2. The van der Waals surface area contributed by atoms with Crippen molar-refractivity contribution in [2.75, 3.05) is 13.2 Å². The fourth-order valence-corrected chi connectivity index (χ4v) is 2.60. The van der Waals surface area contributed by atoms with E-state index < -0.39 is 0 Å². The Kier molecular flexibility index (Phi) is 6.87. The second kappa shape index (κ2) is 9.11. The molecule has 1 N–H and O–H groups in total. The first-order chi connectivity index (χ1) is 12.1. The van der Waals surface area contributed by atoms with E-state index in [1.165, 1.54) is 5.56 Å². The highest BCUT2D eigenvalue weighted by molar-refractivity contribution is 5.95. The molecule has 1 amide bonds. The van der Waals surface area contributed by atoms with Gasteiger partial charge in [-0.05, 0) is 56.5 Å². The largest absolute Gasteiger partial charge is 0.490 e. The number of rotatable bonds is 8. The van der Waals surface area contributed by atoms with Crippen molar-refractivity contribution >= 4 is 5.91 Å². The highest BCUT2D eigenvalue weighted by Crippen LogP contribution is 2.28. The Labute approximate surface area is 150 Å². The van der Waals surface area contributed by atoms with Crippen LogP contribution in [0.2, 0.25) is 0 Å². The van der Waals surface area contributed by atoms with E-state index >= 15 is 0 Å². The number of carbonyl (C=O) groups excluding carboxylic acids is 1. The molecule has 0 fully saturated rings. The van der Waals surface area contributed by atoms with E-state index in [0.29, 0.717) is 30.3 Å². The SMILES string of the molecule is CCOc1ccc(C(=O)N[C@H](C)c2ccc(CC)cc2)cc1OCC. The predicted molar refractivity (Wildman–Crippen MR) is 100 cm³/mol. The van der Waals surface area contributed by atoms with E-state index in [9.17, 15) is 4.79 Å². The lowest BCUT2D eigenvalue weighted by Crippen LogP contribution is -2.26. The summed E-state index contributed by atoms with van der Waals surface area (Å²) in [6, 6.07) is 13.5. The number of nitrogens with one attached hydrogen (secondary N) is 1. The van der Waals surface area contributed by atoms with Gasteiger partial charge in [-0.25, -0.2) is 0 Å². The quantitative estimate of drug-likeness (QED) is 0.767.